The van der Waals surface area contributed by atoms with Gasteiger partial charge in [-0.25, -0.2) is 4.79 Å². The van der Waals surface area contributed by atoms with Gasteiger partial charge in [0.25, 0.3) is 11.8 Å². The van der Waals surface area contributed by atoms with E-state index in [-0.39, 0.29) is 73.2 Å². The standard InChI is InChI=1S/C13H12Cl2O3.C10H9NO3.C7H5ClO.C6H9ClO3.CH4.FH/c1-2-18-13(17)10(12(16)8-14)7-9-5-3-4-6-11(9)15;12-6-5-11-9(13)7-3-1-2-4-8(7)10(11)14;8-7-4-2-1-3-6(7)5-9;1-2-10-6(9)3-5(8)4-7;;/h3-7H,2,8H2,1H3;1-4,12H,5-6H2;1-5H;2-4H2,1H3;1H4;1H/b10-7-;;;;;. The Balaban J connectivity index is 0. The maximum atomic E-state index is 11.6. The highest BCUT2D eigenvalue weighted by atomic mass is 35.5. The molecule has 0 aliphatic carbocycles. The lowest BCUT2D eigenvalue weighted by atomic mass is 10.1. The second-order valence-electron chi connectivity index (χ2n) is 9.68. The van der Waals surface area contributed by atoms with E-state index >= 15 is 0 Å². The number of rotatable bonds is 12. The Morgan fingerprint density at radius 3 is 1.62 bits per heavy atom. The van der Waals surface area contributed by atoms with Gasteiger partial charge >= 0.3 is 11.9 Å². The van der Waals surface area contributed by atoms with Gasteiger partial charge < -0.3 is 14.6 Å². The molecular formula is C37H40Cl4FNO10. The number of imide groups is 1. The number of ether oxygens (including phenoxy) is 2. The summed E-state index contributed by atoms with van der Waals surface area (Å²) < 4.78 is 9.31. The van der Waals surface area contributed by atoms with E-state index in [4.69, 9.17) is 56.2 Å². The zero-order valence-electron chi connectivity index (χ0n) is 28.0. The minimum atomic E-state index is -0.692. The zero-order valence-corrected chi connectivity index (χ0v) is 31.0. The van der Waals surface area contributed by atoms with Crippen molar-refractivity contribution in [2.45, 2.75) is 27.7 Å². The number of fused-ring (bicyclic) bond motifs is 1. The number of hydrogen-bond acceptors (Lipinski definition) is 10. The van der Waals surface area contributed by atoms with Crippen LogP contribution in [0.4, 0.5) is 4.70 Å². The lowest BCUT2D eigenvalue weighted by molar-refractivity contribution is -0.145. The van der Waals surface area contributed by atoms with Crippen molar-refractivity contribution >= 4 is 94.1 Å². The first kappa shape index (κ1) is 50.6. The summed E-state index contributed by atoms with van der Waals surface area (Å²) in [4.78, 5) is 78.6. The smallest absolute Gasteiger partial charge is 0.341 e. The Morgan fingerprint density at radius 1 is 0.755 bits per heavy atom. The number of hydrogen-bond donors (Lipinski definition) is 1. The normalized spacial score (nSPS) is 10.9. The van der Waals surface area contributed by atoms with Crippen molar-refractivity contribution < 1.29 is 52.8 Å². The number of esters is 2. The molecule has 2 amide bonds. The van der Waals surface area contributed by atoms with Gasteiger partial charge in [-0.3, -0.25) is 38.4 Å². The summed E-state index contributed by atoms with van der Waals surface area (Å²) in [5, 5.41) is 9.65. The molecule has 1 N–H and O–H groups in total. The number of amides is 2. The Labute approximate surface area is 327 Å². The minimum Gasteiger partial charge on any atom is -0.466 e. The summed E-state index contributed by atoms with van der Waals surface area (Å²) in [6.07, 6.45) is 1.92. The fourth-order valence-corrected chi connectivity index (χ4v) is 4.42. The van der Waals surface area contributed by atoms with Crippen molar-refractivity contribution in [2.75, 3.05) is 38.1 Å². The molecule has 1 aliphatic heterocycles. The average Bonchev–Trinajstić information content (AvgIpc) is 3.37. The molecule has 0 aromatic heterocycles. The van der Waals surface area contributed by atoms with Gasteiger partial charge in [0, 0.05) is 10.6 Å². The number of halogens is 5. The highest BCUT2D eigenvalue weighted by molar-refractivity contribution is 6.36. The third kappa shape index (κ3) is 17.3. The van der Waals surface area contributed by atoms with Gasteiger partial charge in [0.2, 0.25) is 0 Å². The van der Waals surface area contributed by atoms with E-state index in [2.05, 4.69) is 4.74 Å². The molecular weight excluding hydrogens is 779 g/mol. The van der Waals surface area contributed by atoms with Crippen LogP contribution in [0.3, 0.4) is 0 Å². The molecule has 0 radical (unpaired) electrons. The van der Waals surface area contributed by atoms with Crippen LogP contribution < -0.4 is 0 Å². The van der Waals surface area contributed by atoms with Crippen LogP contribution in [0.1, 0.15) is 64.3 Å². The van der Waals surface area contributed by atoms with Gasteiger partial charge in [-0.2, -0.15) is 0 Å². The van der Waals surface area contributed by atoms with Gasteiger partial charge in [0.15, 0.2) is 17.9 Å². The van der Waals surface area contributed by atoms with Crippen LogP contribution in [0, 0.1) is 0 Å². The van der Waals surface area contributed by atoms with Gasteiger partial charge in [-0.1, -0.05) is 79.2 Å². The molecule has 0 spiro atoms. The molecule has 0 fully saturated rings. The van der Waals surface area contributed by atoms with Crippen molar-refractivity contribution in [1.82, 2.24) is 4.90 Å². The predicted molar refractivity (Wildman–Crippen MR) is 204 cm³/mol. The number of carbonyl (C=O) groups is 7. The summed E-state index contributed by atoms with van der Waals surface area (Å²) in [6.45, 7) is 3.69. The highest BCUT2D eigenvalue weighted by Gasteiger charge is 2.34. The second-order valence-corrected chi connectivity index (χ2v) is 11.0. The number of β-amino-alcohol motifs (C(OH)–C–C–N with tert-alkyl or cyclic N) is 1. The van der Waals surface area contributed by atoms with Crippen molar-refractivity contribution in [3.8, 4) is 0 Å². The monoisotopic (exact) mass is 817 g/mol. The number of Topliss-reactive ketones (excluding diaryl/α,β-unsaturated/α-hetero) is 2. The molecule has 0 bridgehead atoms. The van der Waals surface area contributed by atoms with E-state index in [0.717, 1.165) is 11.2 Å². The molecule has 0 saturated carbocycles. The Morgan fingerprint density at radius 2 is 1.23 bits per heavy atom. The van der Waals surface area contributed by atoms with Crippen molar-refractivity contribution in [2.24, 2.45) is 0 Å². The lowest BCUT2D eigenvalue weighted by Gasteiger charge is -2.10. The number of aliphatic hydroxyl groups excluding tert-OH is 1. The largest absolute Gasteiger partial charge is 0.466 e. The molecule has 0 unspecified atom stereocenters. The molecule has 53 heavy (non-hydrogen) atoms. The van der Waals surface area contributed by atoms with Gasteiger partial charge in [-0.05, 0) is 49.8 Å². The van der Waals surface area contributed by atoms with Crippen LogP contribution in [-0.2, 0) is 28.7 Å². The van der Waals surface area contributed by atoms with Gasteiger partial charge in [0.05, 0.1) is 54.3 Å². The molecule has 4 rings (SSSR count). The van der Waals surface area contributed by atoms with Gasteiger partial charge in [-0.15, -0.1) is 23.2 Å². The first-order valence-electron chi connectivity index (χ1n) is 15.1. The van der Waals surface area contributed by atoms with Crippen molar-refractivity contribution in [3.05, 3.63) is 111 Å². The third-order valence-electron chi connectivity index (χ3n) is 6.15. The Bertz CT molecular complexity index is 1680. The van der Waals surface area contributed by atoms with E-state index in [9.17, 15) is 33.6 Å². The average molecular weight is 820 g/mol. The van der Waals surface area contributed by atoms with Crippen LogP contribution in [0.2, 0.25) is 10.0 Å². The topological polar surface area (TPSA) is 161 Å². The fraction of sp³-hybridized carbons (Fsp3) is 0.270. The molecule has 288 valence electrons. The van der Waals surface area contributed by atoms with E-state index in [1.165, 1.54) is 6.08 Å². The Hall–Kier alpha value is -4.46. The van der Waals surface area contributed by atoms with E-state index in [1.54, 1.807) is 86.6 Å². The molecule has 11 nitrogen and oxygen atoms in total. The maximum absolute atomic E-state index is 11.6. The fourth-order valence-electron chi connectivity index (χ4n) is 3.81. The molecule has 1 aliphatic rings. The molecule has 1 heterocycles. The zero-order chi connectivity index (χ0) is 38.3. The van der Waals surface area contributed by atoms with Crippen molar-refractivity contribution in [3.63, 3.8) is 0 Å². The quantitative estimate of drug-likeness (QED) is 0.0381. The third-order valence-corrected chi connectivity index (χ3v) is 7.38. The van der Waals surface area contributed by atoms with Crippen LogP contribution in [0.25, 0.3) is 6.08 Å². The Kier molecular flexibility index (Phi) is 26.8. The number of carbonyl (C=O) groups excluding carboxylic acids is 7. The molecule has 0 saturated heterocycles. The van der Waals surface area contributed by atoms with Crippen LogP contribution in [0.5, 0.6) is 0 Å². The van der Waals surface area contributed by atoms with Crippen LogP contribution in [-0.4, -0.2) is 89.7 Å². The van der Waals surface area contributed by atoms with Crippen LogP contribution >= 0.6 is 46.4 Å². The van der Waals surface area contributed by atoms with Gasteiger partial charge in [0.1, 0.15) is 12.0 Å². The number of benzene rings is 3. The highest BCUT2D eigenvalue weighted by Crippen LogP contribution is 2.22. The van der Waals surface area contributed by atoms with E-state index in [0.29, 0.717) is 38.9 Å². The van der Waals surface area contributed by atoms with E-state index in [1.807, 2.05) is 0 Å². The second kappa shape index (κ2) is 28.1. The van der Waals surface area contributed by atoms with Crippen LogP contribution in [0.15, 0.2) is 78.4 Å². The van der Waals surface area contributed by atoms with E-state index < -0.39 is 17.7 Å². The molecule has 0 atom stereocenters. The predicted octanol–water partition coefficient (Wildman–Crippen LogP) is 7.06. The first-order valence-corrected chi connectivity index (χ1v) is 16.9. The number of nitrogens with zero attached hydrogens (tertiary/aromatic N) is 1. The molecule has 3 aromatic rings. The molecule has 3 aromatic carbocycles. The number of aliphatic hydroxyl groups is 1. The summed E-state index contributed by atoms with van der Waals surface area (Å²) in [5.41, 5.74) is 1.86. The lowest BCUT2D eigenvalue weighted by Crippen LogP contribution is -2.32. The minimum absolute atomic E-state index is 0. The molecule has 16 heteroatoms. The number of aldehydes is 1. The summed E-state index contributed by atoms with van der Waals surface area (Å²) in [5.74, 6) is -3.04. The number of ketones is 2. The summed E-state index contributed by atoms with van der Waals surface area (Å²) >= 11 is 22.2. The first-order chi connectivity index (χ1) is 24.4. The maximum Gasteiger partial charge on any atom is 0.341 e. The SMILES string of the molecule is C.CCOC(=O)/C(=C\c1ccccc1Cl)C(=O)CCl.CCOC(=O)CC(=O)CCl.F.O=C1c2ccccc2C(=O)N1CCO.O=Cc1ccccc1Cl. The van der Waals surface area contributed by atoms with Crippen molar-refractivity contribution in [1.29, 1.82) is 0 Å². The summed E-state index contributed by atoms with van der Waals surface area (Å²) in [7, 11) is 0. The summed E-state index contributed by atoms with van der Waals surface area (Å²) in [6, 6.07) is 20.5. The number of alkyl halides is 2.